The number of nitrogens with zero attached hydrogens (tertiary/aromatic N) is 2. The number of sulfonamides is 1. The quantitative estimate of drug-likeness (QED) is 0.536. The van der Waals surface area contributed by atoms with Gasteiger partial charge in [-0.05, 0) is 62.9 Å². The van der Waals surface area contributed by atoms with Crippen molar-refractivity contribution in [3.8, 4) is 5.75 Å². The predicted molar refractivity (Wildman–Crippen MR) is 122 cm³/mol. The van der Waals surface area contributed by atoms with Gasteiger partial charge in [-0.1, -0.05) is 20.3 Å². The van der Waals surface area contributed by atoms with Crippen LogP contribution in [0.2, 0.25) is 0 Å². The molecule has 0 unspecified atom stereocenters. The predicted octanol–water partition coefficient (Wildman–Crippen LogP) is 3.01. The van der Waals surface area contributed by atoms with E-state index in [-0.39, 0.29) is 5.91 Å². The average Bonchev–Trinajstić information content (AvgIpc) is 2.74. The minimum Gasteiger partial charge on any atom is -0.481 e. The number of carbonyl (C=O) groups excluding carboxylic acids is 1. The third-order valence-electron chi connectivity index (χ3n) is 5.78. The number of hydrogen-bond donors (Lipinski definition) is 1. The van der Waals surface area contributed by atoms with Gasteiger partial charge in [0.05, 0.1) is 11.9 Å². The van der Waals surface area contributed by atoms with Gasteiger partial charge in [-0.25, -0.2) is 8.42 Å². The lowest BCUT2D eigenvalue weighted by atomic mass is 10.00. The molecule has 1 saturated heterocycles. The number of nitrogens with one attached hydrogen (secondary N) is 1. The molecule has 30 heavy (non-hydrogen) atoms. The molecule has 0 aromatic heterocycles. The maximum Gasteiger partial charge on any atom is 0.261 e. The Morgan fingerprint density at radius 3 is 2.57 bits per heavy atom. The molecule has 1 aliphatic rings. The molecule has 0 spiro atoms. The van der Waals surface area contributed by atoms with Crippen LogP contribution in [0.3, 0.4) is 0 Å². The van der Waals surface area contributed by atoms with Crippen molar-refractivity contribution in [3.63, 3.8) is 0 Å². The largest absolute Gasteiger partial charge is 0.481 e. The van der Waals surface area contributed by atoms with E-state index in [1.807, 2.05) is 6.92 Å². The van der Waals surface area contributed by atoms with Gasteiger partial charge in [-0.3, -0.25) is 9.10 Å². The Bertz CT molecular complexity index is 767. The lowest BCUT2D eigenvalue weighted by Gasteiger charge is -2.35. The number of piperidine rings is 1. The van der Waals surface area contributed by atoms with Crippen LogP contribution in [0.4, 0.5) is 5.69 Å². The Morgan fingerprint density at radius 2 is 1.97 bits per heavy atom. The van der Waals surface area contributed by atoms with Crippen LogP contribution in [0.25, 0.3) is 0 Å². The monoisotopic (exact) mass is 439 g/mol. The lowest BCUT2D eigenvalue weighted by Crippen LogP contribution is -2.42. The fourth-order valence-electron chi connectivity index (χ4n) is 3.84. The first-order valence-electron chi connectivity index (χ1n) is 11.0. The second kappa shape index (κ2) is 11.6. The summed E-state index contributed by atoms with van der Waals surface area (Å²) in [6, 6.07) is 7.40. The fraction of sp³-hybridized carbons (Fsp3) is 0.682. The number of carbonyl (C=O) groups is 1. The van der Waals surface area contributed by atoms with Gasteiger partial charge in [0, 0.05) is 26.2 Å². The molecule has 8 heteroatoms. The van der Waals surface area contributed by atoms with Crippen LogP contribution in [-0.4, -0.2) is 64.3 Å². The Hall–Kier alpha value is -1.80. The maximum absolute atomic E-state index is 12.5. The van der Waals surface area contributed by atoms with E-state index in [0.717, 1.165) is 25.8 Å². The number of amides is 1. The van der Waals surface area contributed by atoms with Crippen molar-refractivity contribution in [2.45, 2.75) is 64.5 Å². The normalized spacial score (nSPS) is 18.6. The van der Waals surface area contributed by atoms with Gasteiger partial charge >= 0.3 is 0 Å². The van der Waals surface area contributed by atoms with Gasteiger partial charge in [0.15, 0.2) is 6.10 Å². The summed E-state index contributed by atoms with van der Waals surface area (Å²) in [5.41, 5.74) is 0.547. The molecule has 1 aromatic carbocycles. The van der Waals surface area contributed by atoms with E-state index in [1.54, 1.807) is 24.3 Å². The van der Waals surface area contributed by atoms with Crippen molar-refractivity contribution in [1.82, 2.24) is 10.2 Å². The molecule has 0 radical (unpaired) electrons. The summed E-state index contributed by atoms with van der Waals surface area (Å²) in [5, 5.41) is 3.00. The average molecular weight is 440 g/mol. The third-order valence-corrected chi connectivity index (χ3v) is 6.99. The van der Waals surface area contributed by atoms with Crippen molar-refractivity contribution in [2.75, 3.05) is 37.2 Å². The first kappa shape index (κ1) is 24.5. The van der Waals surface area contributed by atoms with Gasteiger partial charge in [0.25, 0.3) is 5.91 Å². The van der Waals surface area contributed by atoms with Crippen LogP contribution in [0, 0.1) is 0 Å². The van der Waals surface area contributed by atoms with Crippen LogP contribution in [0.5, 0.6) is 5.75 Å². The summed E-state index contributed by atoms with van der Waals surface area (Å²) in [4.78, 5) is 15.1. The zero-order valence-corrected chi connectivity index (χ0v) is 19.6. The molecule has 1 aromatic rings. The Kier molecular flexibility index (Phi) is 9.42. The molecule has 170 valence electrons. The number of anilines is 1. The van der Waals surface area contributed by atoms with E-state index in [4.69, 9.17) is 4.74 Å². The van der Waals surface area contributed by atoms with Crippen molar-refractivity contribution in [1.29, 1.82) is 0 Å². The Morgan fingerprint density at radius 1 is 1.27 bits per heavy atom. The number of ether oxygens (including phenoxy) is 1. The van der Waals surface area contributed by atoms with Gasteiger partial charge in [0.1, 0.15) is 5.75 Å². The summed E-state index contributed by atoms with van der Waals surface area (Å²) in [7, 11) is -1.81. The molecular formula is C22H37N3O4S. The molecule has 1 amide bonds. The van der Waals surface area contributed by atoms with Crippen LogP contribution in [0.1, 0.15) is 52.4 Å². The summed E-state index contributed by atoms with van der Waals surface area (Å²) in [6.07, 6.45) is 7.15. The van der Waals surface area contributed by atoms with E-state index in [2.05, 4.69) is 17.1 Å². The van der Waals surface area contributed by atoms with Gasteiger partial charge in [-0.2, -0.15) is 0 Å². The second-order valence-corrected chi connectivity index (χ2v) is 9.99. The summed E-state index contributed by atoms with van der Waals surface area (Å²) >= 11 is 0. The smallest absolute Gasteiger partial charge is 0.261 e. The number of hydrogen-bond acceptors (Lipinski definition) is 5. The Labute approximate surface area is 181 Å². The van der Waals surface area contributed by atoms with E-state index < -0.39 is 16.1 Å². The van der Waals surface area contributed by atoms with Crippen molar-refractivity contribution in [3.05, 3.63) is 24.3 Å². The van der Waals surface area contributed by atoms with Crippen molar-refractivity contribution >= 4 is 21.6 Å². The van der Waals surface area contributed by atoms with Crippen LogP contribution in [-0.2, 0) is 14.8 Å². The minimum absolute atomic E-state index is 0.111. The zero-order valence-electron chi connectivity index (χ0n) is 18.8. The highest BCUT2D eigenvalue weighted by atomic mass is 32.2. The highest BCUT2D eigenvalue weighted by Crippen LogP contribution is 2.22. The number of benzene rings is 1. The molecule has 1 heterocycles. The van der Waals surface area contributed by atoms with Gasteiger partial charge in [-0.15, -0.1) is 0 Å². The summed E-state index contributed by atoms with van der Waals surface area (Å²) < 4.78 is 30.3. The molecular weight excluding hydrogens is 402 g/mol. The molecule has 0 saturated carbocycles. The van der Waals surface area contributed by atoms with Crippen molar-refractivity contribution < 1.29 is 17.9 Å². The molecule has 1 N–H and O–H groups in total. The first-order valence-corrected chi connectivity index (χ1v) is 12.8. The van der Waals surface area contributed by atoms with E-state index >= 15 is 0 Å². The number of likely N-dealkylation sites (tertiary alicyclic amines) is 1. The minimum atomic E-state index is -3.31. The molecule has 1 fully saturated rings. The first-order chi connectivity index (χ1) is 14.3. The lowest BCUT2D eigenvalue weighted by molar-refractivity contribution is -0.128. The molecule has 2 rings (SSSR count). The van der Waals surface area contributed by atoms with Gasteiger partial charge in [0.2, 0.25) is 10.0 Å². The van der Waals surface area contributed by atoms with E-state index in [9.17, 15) is 13.2 Å². The highest BCUT2D eigenvalue weighted by Gasteiger charge is 2.21. The third kappa shape index (κ3) is 7.16. The van der Waals surface area contributed by atoms with E-state index in [0.29, 0.717) is 30.4 Å². The van der Waals surface area contributed by atoms with Crippen LogP contribution < -0.4 is 14.4 Å². The molecule has 1 aliphatic heterocycles. The number of rotatable bonds is 11. The Balaban J connectivity index is 1.80. The maximum atomic E-state index is 12.5. The summed E-state index contributed by atoms with van der Waals surface area (Å²) in [6.45, 7) is 6.99. The van der Waals surface area contributed by atoms with Gasteiger partial charge < -0.3 is 15.0 Å². The SMILES string of the molecule is CC[C@@H]1CCCCN1CCCNC(=O)[C@@H](CC)Oc1ccc(N(C)S(C)(=O)=O)cc1. The molecule has 2 atom stereocenters. The molecule has 0 bridgehead atoms. The zero-order chi connectivity index (χ0) is 22.1. The van der Waals surface area contributed by atoms with Crippen molar-refractivity contribution in [2.24, 2.45) is 0 Å². The molecule has 0 aliphatic carbocycles. The van der Waals surface area contributed by atoms with Crippen LogP contribution >= 0.6 is 0 Å². The fourth-order valence-corrected chi connectivity index (χ4v) is 4.34. The topological polar surface area (TPSA) is 79.0 Å². The standard InChI is InChI=1S/C22H37N3O4S/c1-5-18-10-7-8-16-25(18)17-9-15-23-22(26)21(6-2)29-20-13-11-19(12-14-20)24(3)30(4,27)28/h11-14,18,21H,5-10,15-17H2,1-4H3,(H,23,26)/t18-,21-/m1/s1. The van der Waals surface area contributed by atoms with E-state index in [1.165, 1.54) is 37.0 Å². The highest BCUT2D eigenvalue weighted by molar-refractivity contribution is 7.92. The summed E-state index contributed by atoms with van der Waals surface area (Å²) in [5.74, 6) is 0.433. The molecule has 7 nitrogen and oxygen atoms in total. The second-order valence-electron chi connectivity index (χ2n) is 7.98. The van der Waals surface area contributed by atoms with Crippen LogP contribution in [0.15, 0.2) is 24.3 Å².